The highest BCUT2D eigenvalue weighted by atomic mass is 79.9. The first-order valence-electron chi connectivity index (χ1n) is 9.18. The first-order chi connectivity index (χ1) is 13.4. The Morgan fingerprint density at radius 3 is 2.57 bits per heavy atom. The Kier molecular flexibility index (Phi) is 6.85. The molecule has 0 bridgehead atoms. The third kappa shape index (κ3) is 4.79. The van der Waals surface area contributed by atoms with E-state index >= 15 is 0 Å². The minimum atomic E-state index is -3.77. The van der Waals surface area contributed by atoms with Crippen LogP contribution in [-0.2, 0) is 21.2 Å². The van der Waals surface area contributed by atoms with Gasteiger partial charge in [-0.1, -0.05) is 40.5 Å². The molecule has 1 atom stereocenters. The van der Waals surface area contributed by atoms with Crippen LogP contribution in [0.3, 0.4) is 0 Å². The van der Waals surface area contributed by atoms with Gasteiger partial charge in [0.25, 0.3) is 0 Å². The number of nitrogens with zero attached hydrogens (tertiary/aromatic N) is 1. The largest absolute Gasteiger partial charge is 0.354 e. The van der Waals surface area contributed by atoms with Crippen LogP contribution in [0.15, 0.2) is 57.9 Å². The van der Waals surface area contributed by atoms with E-state index < -0.39 is 16.1 Å². The number of sulfonamides is 1. The second-order valence-corrected chi connectivity index (χ2v) is 9.52. The van der Waals surface area contributed by atoms with Gasteiger partial charge in [0.15, 0.2) is 0 Å². The number of carbonyl (C=O) groups is 1. The Morgan fingerprint density at radius 1 is 1.14 bits per heavy atom. The number of hydrogen-bond acceptors (Lipinski definition) is 3. The normalized spacial score (nSPS) is 18.0. The topological polar surface area (TPSA) is 66.5 Å². The van der Waals surface area contributed by atoms with Gasteiger partial charge in [0, 0.05) is 17.6 Å². The molecule has 2 aromatic carbocycles. The maximum atomic E-state index is 13.7. The van der Waals surface area contributed by atoms with E-state index in [0.717, 1.165) is 17.3 Å². The molecule has 1 fully saturated rings. The quantitative estimate of drug-likeness (QED) is 0.705. The van der Waals surface area contributed by atoms with Gasteiger partial charge in [-0.25, -0.2) is 12.8 Å². The molecule has 0 radical (unpaired) electrons. The third-order valence-electron chi connectivity index (χ3n) is 4.83. The fourth-order valence-corrected chi connectivity index (χ4v) is 5.26. The number of rotatable bonds is 6. The maximum Gasteiger partial charge on any atom is 0.243 e. The molecule has 8 heteroatoms. The Bertz CT molecular complexity index is 935. The molecule has 1 aliphatic rings. The van der Waals surface area contributed by atoms with Crippen LogP contribution in [0.2, 0.25) is 0 Å². The molecular formula is C20H22BrFN2O3S. The molecule has 1 heterocycles. The van der Waals surface area contributed by atoms with E-state index in [1.54, 1.807) is 30.3 Å². The third-order valence-corrected chi connectivity index (χ3v) is 7.28. The molecule has 28 heavy (non-hydrogen) atoms. The first kappa shape index (κ1) is 21.0. The number of benzene rings is 2. The van der Waals surface area contributed by atoms with Crippen LogP contribution in [0.25, 0.3) is 0 Å². The van der Waals surface area contributed by atoms with Gasteiger partial charge < -0.3 is 5.32 Å². The summed E-state index contributed by atoms with van der Waals surface area (Å²) in [5.74, 6) is -0.648. The molecule has 1 aliphatic heterocycles. The van der Waals surface area contributed by atoms with E-state index in [9.17, 15) is 17.6 Å². The van der Waals surface area contributed by atoms with Gasteiger partial charge in [-0.15, -0.1) is 0 Å². The predicted octanol–water partition coefficient (Wildman–Crippen LogP) is 3.49. The SMILES string of the molecule is O=C(NCCc1ccccc1F)C1CCCCN1S(=O)(=O)c1ccc(Br)cc1. The van der Waals surface area contributed by atoms with E-state index in [1.807, 2.05) is 0 Å². The lowest BCUT2D eigenvalue weighted by atomic mass is 10.0. The van der Waals surface area contributed by atoms with Gasteiger partial charge in [0.1, 0.15) is 11.9 Å². The van der Waals surface area contributed by atoms with Crippen LogP contribution in [0.5, 0.6) is 0 Å². The van der Waals surface area contributed by atoms with Crippen molar-refractivity contribution in [3.05, 3.63) is 64.4 Å². The van der Waals surface area contributed by atoms with Crippen LogP contribution in [-0.4, -0.2) is 37.8 Å². The summed E-state index contributed by atoms with van der Waals surface area (Å²) in [7, 11) is -3.77. The zero-order valence-electron chi connectivity index (χ0n) is 15.3. The van der Waals surface area contributed by atoms with Crippen molar-refractivity contribution in [2.45, 2.75) is 36.6 Å². The van der Waals surface area contributed by atoms with Gasteiger partial charge in [-0.05, 0) is 55.2 Å². The summed E-state index contributed by atoms with van der Waals surface area (Å²) in [6.45, 7) is 0.562. The molecule has 0 aromatic heterocycles. The second kappa shape index (κ2) is 9.15. The minimum absolute atomic E-state index is 0.168. The van der Waals surface area contributed by atoms with Crippen LogP contribution in [0.4, 0.5) is 4.39 Å². The van der Waals surface area contributed by atoms with Crippen molar-refractivity contribution in [2.24, 2.45) is 0 Å². The fourth-order valence-electron chi connectivity index (χ4n) is 3.34. The Morgan fingerprint density at radius 2 is 1.86 bits per heavy atom. The molecule has 2 aromatic rings. The molecule has 3 rings (SSSR count). The maximum absolute atomic E-state index is 13.7. The van der Waals surface area contributed by atoms with Gasteiger partial charge in [-0.2, -0.15) is 4.31 Å². The van der Waals surface area contributed by atoms with Crippen LogP contribution in [0, 0.1) is 5.82 Å². The Hall–Kier alpha value is -1.77. The molecule has 1 unspecified atom stereocenters. The van der Waals surface area contributed by atoms with Crippen LogP contribution < -0.4 is 5.32 Å². The monoisotopic (exact) mass is 468 g/mol. The van der Waals surface area contributed by atoms with Crippen molar-refractivity contribution in [2.75, 3.05) is 13.1 Å². The number of hydrogen-bond donors (Lipinski definition) is 1. The molecular weight excluding hydrogens is 447 g/mol. The Balaban J connectivity index is 1.69. The van der Waals surface area contributed by atoms with Crippen molar-refractivity contribution < 1.29 is 17.6 Å². The molecule has 1 amide bonds. The Labute approximate surface area is 173 Å². The summed E-state index contributed by atoms with van der Waals surface area (Å²) in [6.07, 6.45) is 2.33. The molecule has 150 valence electrons. The zero-order chi connectivity index (χ0) is 20.1. The second-order valence-electron chi connectivity index (χ2n) is 6.71. The van der Waals surface area contributed by atoms with E-state index in [4.69, 9.17) is 0 Å². The zero-order valence-corrected chi connectivity index (χ0v) is 17.7. The number of carbonyl (C=O) groups excluding carboxylic acids is 1. The number of piperidine rings is 1. The molecule has 0 spiro atoms. The lowest BCUT2D eigenvalue weighted by Gasteiger charge is -2.33. The first-order valence-corrected chi connectivity index (χ1v) is 11.4. The number of nitrogens with one attached hydrogen (secondary N) is 1. The smallest absolute Gasteiger partial charge is 0.243 e. The van der Waals surface area contributed by atoms with E-state index in [0.29, 0.717) is 24.9 Å². The molecule has 1 N–H and O–H groups in total. The lowest BCUT2D eigenvalue weighted by molar-refractivity contribution is -0.125. The predicted molar refractivity (Wildman–Crippen MR) is 109 cm³/mol. The summed E-state index contributed by atoms with van der Waals surface area (Å²) in [6, 6.07) is 12.1. The van der Waals surface area contributed by atoms with Crippen molar-refractivity contribution in [1.29, 1.82) is 0 Å². The highest BCUT2D eigenvalue weighted by molar-refractivity contribution is 9.10. The van der Waals surface area contributed by atoms with Gasteiger partial charge in [0.2, 0.25) is 15.9 Å². The van der Waals surface area contributed by atoms with Crippen LogP contribution in [0.1, 0.15) is 24.8 Å². The average molecular weight is 469 g/mol. The van der Waals surface area contributed by atoms with Gasteiger partial charge >= 0.3 is 0 Å². The van der Waals surface area contributed by atoms with E-state index in [2.05, 4.69) is 21.2 Å². The van der Waals surface area contributed by atoms with Gasteiger partial charge in [-0.3, -0.25) is 4.79 Å². The van der Waals surface area contributed by atoms with Gasteiger partial charge in [0.05, 0.1) is 4.90 Å². The van der Waals surface area contributed by atoms with Crippen LogP contribution >= 0.6 is 15.9 Å². The van der Waals surface area contributed by atoms with E-state index in [1.165, 1.54) is 22.5 Å². The molecule has 0 saturated carbocycles. The summed E-state index contributed by atoms with van der Waals surface area (Å²) < 4.78 is 41.8. The summed E-state index contributed by atoms with van der Waals surface area (Å²) >= 11 is 3.30. The standard InChI is InChI=1S/C20H22BrFN2O3S/c21-16-8-10-17(11-9-16)28(26,27)24-14-4-3-7-19(24)20(25)23-13-12-15-5-1-2-6-18(15)22/h1-2,5-6,8-11,19H,3-4,7,12-14H2,(H,23,25). The lowest BCUT2D eigenvalue weighted by Crippen LogP contribution is -2.52. The molecule has 1 saturated heterocycles. The van der Waals surface area contributed by atoms with Crippen molar-refractivity contribution in [3.8, 4) is 0 Å². The molecule has 5 nitrogen and oxygen atoms in total. The summed E-state index contributed by atoms with van der Waals surface area (Å²) in [5.41, 5.74) is 0.519. The summed E-state index contributed by atoms with van der Waals surface area (Å²) in [4.78, 5) is 12.9. The highest BCUT2D eigenvalue weighted by Gasteiger charge is 2.37. The molecule has 0 aliphatic carbocycles. The van der Waals surface area contributed by atoms with Crippen molar-refractivity contribution in [3.63, 3.8) is 0 Å². The van der Waals surface area contributed by atoms with Crippen molar-refractivity contribution >= 4 is 31.9 Å². The minimum Gasteiger partial charge on any atom is -0.354 e. The fraction of sp³-hybridized carbons (Fsp3) is 0.350. The number of amides is 1. The average Bonchev–Trinajstić information content (AvgIpc) is 2.69. The van der Waals surface area contributed by atoms with Crippen molar-refractivity contribution in [1.82, 2.24) is 9.62 Å². The number of halogens is 2. The highest BCUT2D eigenvalue weighted by Crippen LogP contribution is 2.26. The van der Waals surface area contributed by atoms with E-state index in [-0.39, 0.29) is 23.2 Å². The summed E-state index contributed by atoms with van der Waals surface area (Å²) in [5, 5.41) is 2.77.